The van der Waals surface area contributed by atoms with Crippen molar-refractivity contribution in [2.24, 2.45) is 11.8 Å². The zero-order valence-corrected chi connectivity index (χ0v) is 15.4. The van der Waals surface area contributed by atoms with Crippen LogP contribution in [-0.4, -0.2) is 44.0 Å². The van der Waals surface area contributed by atoms with Gasteiger partial charge in [-0.15, -0.1) is 0 Å². The van der Waals surface area contributed by atoms with Crippen molar-refractivity contribution < 1.29 is 14.5 Å². The van der Waals surface area contributed by atoms with Crippen molar-refractivity contribution in [1.29, 1.82) is 0 Å². The average molecular weight is 327 g/mol. The lowest BCUT2D eigenvalue weighted by Gasteiger charge is -2.34. The van der Waals surface area contributed by atoms with Gasteiger partial charge in [0.2, 0.25) is 11.8 Å². The molecule has 1 aliphatic rings. The summed E-state index contributed by atoms with van der Waals surface area (Å²) >= 11 is 0. The molecular formula is C18H36N3O2+. The molecule has 1 saturated carbocycles. The van der Waals surface area contributed by atoms with Crippen LogP contribution < -0.4 is 15.5 Å². The summed E-state index contributed by atoms with van der Waals surface area (Å²) in [4.78, 5) is 25.3. The molecule has 2 amide bonds. The summed E-state index contributed by atoms with van der Waals surface area (Å²) in [5.41, 5.74) is 0. The Hall–Kier alpha value is -1.10. The maximum absolute atomic E-state index is 12.0. The van der Waals surface area contributed by atoms with Crippen LogP contribution in [0.3, 0.4) is 0 Å². The average Bonchev–Trinajstić information content (AvgIpc) is 2.54. The maximum Gasteiger partial charge on any atom is 0.220 e. The summed E-state index contributed by atoms with van der Waals surface area (Å²) in [5, 5.41) is 6.04. The van der Waals surface area contributed by atoms with Crippen molar-refractivity contribution in [2.75, 3.05) is 26.2 Å². The zero-order chi connectivity index (χ0) is 17.2. The van der Waals surface area contributed by atoms with E-state index in [4.69, 9.17) is 0 Å². The van der Waals surface area contributed by atoms with Crippen LogP contribution in [0.4, 0.5) is 0 Å². The minimum absolute atomic E-state index is 0.0143. The summed E-state index contributed by atoms with van der Waals surface area (Å²) in [5.74, 6) is 1.19. The van der Waals surface area contributed by atoms with Crippen molar-refractivity contribution in [1.82, 2.24) is 10.6 Å². The fourth-order valence-electron chi connectivity index (χ4n) is 3.36. The second-order valence-corrected chi connectivity index (χ2v) is 7.00. The highest BCUT2D eigenvalue weighted by Crippen LogP contribution is 2.29. The highest BCUT2D eigenvalue weighted by Gasteiger charge is 2.28. The number of hydrogen-bond acceptors (Lipinski definition) is 2. The molecule has 0 aromatic rings. The number of carbonyl (C=O) groups is 2. The van der Waals surface area contributed by atoms with E-state index in [0.717, 1.165) is 26.1 Å². The second-order valence-electron chi connectivity index (χ2n) is 7.00. The van der Waals surface area contributed by atoms with Gasteiger partial charge >= 0.3 is 0 Å². The molecule has 5 nitrogen and oxygen atoms in total. The van der Waals surface area contributed by atoms with Crippen LogP contribution in [0.25, 0.3) is 0 Å². The number of hydrogen-bond donors (Lipinski definition) is 3. The first kappa shape index (κ1) is 19.9. The van der Waals surface area contributed by atoms with E-state index in [2.05, 4.69) is 38.3 Å². The fourth-order valence-corrected chi connectivity index (χ4v) is 3.36. The van der Waals surface area contributed by atoms with Gasteiger partial charge in [0, 0.05) is 18.9 Å². The van der Waals surface area contributed by atoms with Crippen molar-refractivity contribution in [3.05, 3.63) is 0 Å². The van der Waals surface area contributed by atoms with Crippen LogP contribution >= 0.6 is 0 Å². The topological polar surface area (TPSA) is 62.6 Å². The Kier molecular flexibility index (Phi) is 9.22. The first-order valence-corrected chi connectivity index (χ1v) is 9.37. The van der Waals surface area contributed by atoms with Crippen molar-refractivity contribution in [2.45, 2.75) is 65.8 Å². The number of rotatable bonds is 9. The normalized spacial score (nSPS) is 24.5. The van der Waals surface area contributed by atoms with Gasteiger partial charge in [-0.3, -0.25) is 9.59 Å². The van der Waals surface area contributed by atoms with Crippen molar-refractivity contribution in [3.8, 4) is 0 Å². The monoisotopic (exact) mass is 326 g/mol. The van der Waals surface area contributed by atoms with Crippen molar-refractivity contribution >= 4 is 11.8 Å². The van der Waals surface area contributed by atoms with E-state index < -0.39 is 0 Å². The van der Waals surface area contributed by atoms with Crippen molar-refractivity contribution in [3.63, 3.8) is 0 Å². The summed E-state index contributed by atoms with van der Waals surface area (Å²) in [7, 11) is 0. The van der Waals surface area contributed by atoms with Crippen LogP contribution in [0.5, 0.6) is 0 Å². The molecule has 134 valence electrons. The Morgan fingerprint density at radius 1 is 1.04 bits per heavy atom. The molecule has 0 aromatic carbocycles. The lowest BCUT2D eigenvalue weighted by Crippen LogP contribution is -3.12. The molecule has 0 radical (unpaired) electrons. The fraction of sp³-hybridized carbons (Fsp3) is 0.889. The molecule has 1 rings (SSSR count). The van der Waals surface area contributed by atoms with Gasteiger partial charge in [-0.25, -0.2) is 0 Å². The van der Waals surface area contributed by atoms with Gasteiger partial charge in [0.25, 0.3) is 0 Å². The molecule has 0 spiro atoms. The van der Waals surface area contributed by atoms with Gasteiger partial charge in [-0.1, -0.05) is 26.7 Å². The molecule has 3 N–H and O–H groups in total. The van der Waals surface area contributed by atoms with Gasteiger partial charge in [0.05, 0.1) is 26.2 Å². The van der Waals surface area contributed by atoms with Gasteiger partial charge in [-0.05, 0) is 32.1 Å². The van der Waals surface area contributed by atoms with E-state index in [1.165, 1.54) is 17.7 Å². The minimum Gasteiger partial charge on any atom is -0.353 e. The predicted molar refractivity (Wildman–Crippen MR) is 93.3 cm³/mol. The summed E-state index contributed by atoms with van der Waals surface area (Å²) in [6.07, 6.45) is 4.09. The predicted octanol–water partition coefficient (Wildman–Crippen LogP) is 0.748. The van der Waals surface area contributed by atoms with E-state index >= 15 is 0 Å². The first-order valence-electron chi connectivity index (χ1n) is 9.37. The maximum atomic E-state index is 12.0. The number of nitrogens with one attached hydrogen (secondary N) is 3. The van der Waals surface area contributed by atoms with E-state index in [0.29, 0.717) is 24.8 Å². The number of quaternary nitrogens is 1. The molecule has 23 heavy (non-hydrogen) atoms. The molecular weight excluding hydrogens is 290 g/mol. The van der Waals surface area contributed by atoms with E-state index in [1.807, 2.05) is 0 Å². The lowest BCUT2D eigenvalue weighted by atomic mass is 9.78. The molecule has 0 aromatic heterocycles. The standard InChI is InChI=1S/C18H35N3O2/c1-5-21(6-2)13-12-19-17(22)10-11-18(23)20-16-9-7-8-14(3)15(16)4/h14-16H,5-13H2,1-4H3,(H,19,22)(H,20,23)/p+1/t14-,15-,16+/m0/s1. The molecule has 0 bridgehead atoms. The summed E-state index contributed by atoms with van der Waals surface area (Å²) in [6, 6.07) is 0.278. The quantitative estimate of drug-likeness (QED) is 0.585. The smallest absolute Gasteiger partial charge is 0.220 e. The molecule has 0 saturated heterocycles. The highest BCUT2D eigenvalue weighted by molar-refractivity contribution is 5.83. The Morgan fingerprint density at radius 3 is 2.35 bits per heavy atom. The SMILES string of the molecule is CC[NH+](CC)CCNC(=O)CCC(=O)N[C@@H]1CCC[C@H](C)[C@@H]1C. The van der Waals surface area contributed by atoms with E-state index in [9.17, 15) is 9.59 Å². The second kappa shape index (κ2) is 10.6. The third-order valence-corrected chi connectivity index (χ3v) is 5.43. The molecule has 5 heteroatoms. The number of amides is 2. The molecule has 3 atom stereocenters. The molecule has 0 heterocycles. The van der Waals surface area contributed by atoms with Crippen LogP contribution in [-0.2, 0) is 9.59 Å². The Morgan fingerprint density at radius 2 is 1.70 bits per heavy atom. The van der Waals surface area contributed by atoms with Crippen LogP contribution in [0.15, 0.2) is 0 Å². The summed E-state index contributed by atoms with van der Waals surface area (Å²) in [6.45, 7) is 12.6. The van der Waals surface area contributed by atoms with Gasteiger partial charge in [-0.2, -0.15) is 0 Å². The largest absolute Gasteiger partial charge is 0.353 e. The lowest BCUT2D eigenvalue weighted by molar-refractivity contribution is -0.895. The van der Waals surface area contributed by atoms with Gasteiger partial charge < -0.3 is 15.5 Å². The molecule has 0 unspecified atom stereocenters. The first-order chi connectivity index (χ1) is 11.0. The van der Waals surface area contributed by atoms with Crippen LogP contribution in [0.1, 0.15) is 59.8 Å². The molecule has 1 fully saturated rings. The minimum atomic E-state index is -0.0169. The highest BCUT2D eigenvalue weighted by atomic mass is 16.2. The van der Waals surface area contributed by atoms with Crippen LogP contribution in [0.2, 0.25) is 0 Å². The third kappa shape index (κ3) is 7.34. The van der Waals surface area contributed by atoms with Gasteiger partial charge in [0.1, 0.15) is 0 Å². The van der Waals surface area contributed by atoms with E-state index in [-0.39, 0.29) is 24.3 Å². The Balaban J connectivity index is 2.18. The van der Waals surface area contributed by atoms with Crippen LogP contribution in [0, 0.1) is 11.8 Å². The Labute approximate surface area is 141 Å². The van der Waals surface area contributed by atoms with Gasteiger partial charge in [0.15, 0.2) is 0 Å². The number of carbonyl (C=O) groups excluding carboxylic acids is 2. The molecule has 0 aliphatic heterocycles. The van der Waals surface area contributed by atoms with E-state index in [1.54, 1.807) is 0 Å². The summed E-state index contributed by atoms with van der Waals surface area (Å²) < 4.78 is 0. The Bertz CT molecular complexity index is 369. The molecule has 1 aliphatic carbocycles. The zero-order valence-electron chi connectivity index (χ0n) is 15.4. The third-order valence-electron chi connectivity index (χ3n) is 5.43. The number of likely N-dealkylation sites (N-methyl/N-ethyl adjacent to an activating group) is 1.